The predicted octanol–water partition coefficient (Wildman–Crippen LogP) is 2.78. The molecule has 3 nitrogen and oxygen atoms in total. The van der Waals surface area contributed by atoms with Gasteiger partial charge in [-0.25, -0.2) is 9.97 Å². The molecule has 0 N–H and O–H groups in total. The number of imidazole rings is 1. The summed E-state index contributed by atoms with van der Waals surface area (Å²) in [5.74, 6) is 0. The predicted molar refractivity (Wildman–Crippen MR) is 61.8 cm³/mol. The lowest BCUT2D eigenvalue weighted by molar-refractivity contribution is 0.895. The summed E-state index contributed by atoms with van der Waals surface area (Å²) in [5.41, 5.74) is 2.24. The van der Waals surface area contributed by atoms with Crippen molar-refractivity contribution in [1.29, 1.82) is 0 Å². The van der Waals surface area contributed by atoms with Gasteiger partial charge in [-0.1, -0.05) is 18.7 Å². The Bertz CT molecular complexity index is 466. The normalized spacial score (nSPS) is 11.1. The first-order chi connectivity index (χ1) is 6.77. The second-order valence-corrected chi connectivity index (χ2v) is 4.48. The van der Waals surface area contributed by atoms with Gasteiger partial charge in [-0.05, 0) is 28.6 Å². The van der Waals surface area contributed by atoms with Crippen LogP contribution in [-0.2, 0) is 6.42 Å². The van der Waals surface area contributed by atoms with Crippen molar-refractivity contribution in [2.45, 2.75) is 18.5 Å². The SMILES string of the molecule is CCc1ncn2c(SC)ncc(Br)c12. The van der Waals surface area contributed by atoms with E-state index in [-0.39, 0.29) is 0 Å². The van der Waals surface area contributed by atoms with Gasteiger partial charge < -0.3 is 0 Å². The van der Waals surface area contributed by atoms with E-state index in [2.05, 4.69) is 32.8 Å². The molecule has 2 heterocycles. The largest absolute Gasteiger partial charge is 0.277 e. The van der Waals surface area contributed by atoms with Crippen molar-refractivity contribution in [1.82, 2.24) is 14.4 Å². The van der Waals surface area contributed by atoms with Crippen LogP contribution in [0.25, 0.3) is 5.52 Å². The lowest BCUT2D eigenvalue weighted by Gasteiger charge is -2.03. The molecule has 0 radical (unpaired) electrons. The molecule has 14 heavy (non-hydrogen) atoms. The van der Waals surface area contributed by atoms with Crippen LogP contribution in [-0.4, -0.2) is 20.6 Å². The number of rotatable bonds is 2. The summed E-state index contributed by atoms with van der Waals surface area (Å²) in [5, 5.41) is 0.968. The molecule has 74 valence electrons. The fourth-order valence-electron chi connectivity index (χ4n) is 1.43. The summed E-state index contributed by atoms with van der Waals surface area (Å²) in [4.78, 5) is 8.67. The molecule has 2 rings (SSSR count). The zero-order chi connectivity index (χ0) is 10.1. The molecule has 0 saturated heterocycles. The number of thioether (sulfide) groups is 1. The molecule has 0 unspecified atom stereocenters. The molecular weight excluding hydrogens is 262 g/mol. The fraction of sp³-hybridized carbons (Fsp3) is 0.333. The standard InChI is InChI=1S/C9H10BrN3S/c1-3-7-8-6(10)4-11-9(14-2)13(8)5-12-7/h4-5H,3H2,1-2H3. The molecule has 2 aromatic rings. The van der Waals surface area contributed by atoms with Crippen molar-refractivity contribution in [3.05, 3.63) is 22.7 Å². The molecule has 0 aliphatic heterocycles. The Morgan fingerprint density at radius 2 is 2.29 bits per heavy atom. The minimum absolute atomic E-state index is 0.937. The lowest BCUT2D eigenvalue weighted by atomic mass is 10.3. The number of hydrogen-bond acceptors (Lipinski definition) is 3. The maximum atomic E-state index is 4.36. The first-order valence-electron chi connectivity index (χ1n) is 4.32. The molecule has 0 atom stereocenters. The molecule has 0 saturated carbocycles. The van der Waals surface area contributed by atoms with Crippen molar-refractivity contribution in [3.8, 4) is 0 Å². The van der Waals surface area contributed by atoms with Gasteiger partial charge in [0.1, 0.15) is 6.33 Å². The van der Waals surface area contributed by atoms with Crippen LogP contribution in [0.5, 0.6) is 0 Å². The summed E-state index contributed by atoms with van der Waals surface area (Å²) in [6.45, 7) is 2.11. The number of aromatic nitrogens is 3. The molecule has 5 heteroatoms. The van der Waals surface area contributed by atoms with Gasteiger partial charge in [-0.15, -0.1) is 0 Å². The maximum absolute atomic E-state index is 4.36. The summed E-state index contributed by atoms with van der Waals surface area (Å²) in [6.07, 6.45) is 6.62. The van der Waals surface area contributed by atoms with Gasteiger partial charge in [0.25, 0.3) is 0 Å². The van der Waals surface area contributed by atoms with Gasteiger partial charge in [0.2, 0.25) is 0 Å². The van der Waals surface area contributed by atoms with Gasteiger partial charge in [0.15, 0.2) is 5.16 Å². The average Bonchev–Trinajstić information content (AvgIpc) is 2.63. The molecule has 0 amide bonds. The Kier molecular flexibility index (Phi) is 2.78. The second kappa shape index (κ2) is 3.90. The number of hydrogen-bond donors (Lipinski definition) is 0. The molecule has 0 bridgehead atoms. The van der Waals surface area contributed by atoms with Crippen LogP contribution in [0.2, 0.25) is 0 Å². The van der Waals surface area contributed by atoms with E-state index in [0.29, 0.717) is 0 Å². The molecule has 0 aliphatic rings. The Hall–Kier alpha value is -0.550. The number of fused-ring (bicyclic) bond motifs is 1. The van der Waals surface area contributed by atoms with Crippen LogP contribution in [0.1, 0.15) is 12.6 Å². The summed E-state index contributed by atoms with van der Waals surface area (Å²) < 4.78 is 3.03. The van der Waals surface area contributed by atoms with E-state index in [0.717, 1.165) is 27.3 Å². The molecular formula is C9H10BrN3S. The van der Waals surface area contributed by atoms with Gasteiger partial charge >= 0.3 is 0 Å². The van der Waals surface area contributed by atoms with Crippen molar-refractivity contribution < 1.29 is 0 Å². The van der Waals surface area contributed by atoms with Gasteiger partial charge in [0, 0.05) is 6.20 Å². The summed E-state index contributed by atoms with van der Waals surface area (Å²) in [7, 11) is 0. The van der Waals surface area contributed by atoms with Gasteiger partial charge in [0.05, 0.1) is 15.7 Å². The number of halogens is 1. The van der Waals surface area contributed by atoms with Crippen molar-refractivity contribution in [3.63, 3.8) is 0 Å². The quantitative estimate of drug-likeness (QED) is 0.622. The first-order valence-corrected chi connectivity index (χ1v) is 6.34. The van der Waals surface area contributed by atoms with Crippen molar-refractivity contribution in [2.75, 3.05) is 6.26 Å². The maximum Gasteiger partial charge on any atom is 0.173 e. The Balaban J connectivity index is 2.80. The number of aryl methyl sites for hydroxylation is 1. The molecule has 0 spiro atoms. The molecule has 2 aromatic heterocycles. The van der Waals surface area contributed by atoms with Crippen molar-refractivity contribution >= 4 is 33.2 Å². The van der Waals surface area contributed by atoms with Crippen LogP contribution in [0.3, 0.4) is 0 Å². The Morgan fingerprint density at radius 3 is 2.93 bits per heavy atom. The van der Waals surface area contributed by atoms with E-state index in [9.17, 15) is 0 Å². The van der Waals surface area contributed by atoms with E-state index in [1.54, 1.807) is 11.8 Å². The average molecular weight is 272 g/mol. The van der Waals surface area contributed by atoms with E-state index >= 15 is 0 Å². The fourth-order valence-corrected chi connectivity index (χ4v) is 2.44. The van der Waals surface area contributed by atoms with E-state index in [4.69, 9.17) is 0 Å². The molecule has 0 fully saturated rings. The Morgan fingerprint density at radius 1 is 1.50 bits per heavy atom. The number of nitrogens with zero attached hydrogens (tertiary/aromatic N) is 3. The lowest BCUT2D eigenvalue weighted by Crippen LogP contribution is -1.93. The highest BCUT2D eigenvalue weighted by atomic mass is 79.9. The van der Waals surface area contributed by atoms with E-state index in [1.807, 2.05) is 23.2 Å². The first kappa shape index (κ1) is 9.98. The minimum Gasteiger partial charge on any atom is -0.277 e. The monoisotopic (exact) mass is 271 g/mol. The topological polar surface area (TPSA) is 30.2 Å². The Labute approximate surface area is 95.1 Å². The van der Waals surface area contributed by atoms with Crippen LogP contribution in [0, 0.1) is 0 Å². The third kappa shape index (κ3) is 1.44. The third-order valence-corrected chi connectivity index (χ3v) is 3.33. The van der Waals surface area contributed by atoms with E-state index < -0.39 is 0 Å². The molecule has 0 aliphatic carbocycles. The highest BCUT2D eigenvalue weighted by molar-refractivity contribution is 9.10. The van der Waals surface area contributed by atoms with Gasteiger partial charge in [-0.3, -0.25) is 4.40 Å². The van der Waals surface area contributed by atoms with Crippen molar-refractivity contribution in [2.24, 2.45) is 0 Å². The van der Waals surface area contributed by atoms with Crippen LogP contribution < -0.4 is 0 Å². The highest BCUT2D eigenvalue weighted by Gasteiger charge is 2.09. The second-order valence-electron chi connectivity index (χ2n) is 2.86. The summed E-state index contributed by atoms with van der Waals surface area (Å²) in [6, 6.07) is 0. The zero-order valence-electron chi connectivity index (χ0n) is 7.99. The molecule has 0 aromatic carbocycles. The highest BCUT2D eigenvalue weighted by Crippen LogP contribution is 2.24. The zero-order valence-corrected chi connectivity index (χ0v) is 10.4. The smallest absolute Gasteiger partial charge is 0.173 e. The van der Waals surface area contributed by atoms with E-state index in [1.165, 1.54) is 0 Å². The third-order valence-electron chi connectivity index (χ3n) is 2.08. The summed E-state index contributed by atoms with van der Waals surface area (Å²) >= 11 is 5.12. The van der Waals surface area contributed by atoms with Crippen LogP contribution >= 0.6 is 27.7 Å². The van der Waals surface area contributed by atoms with Gasteiger partial charge in [-0.2, -0.15) is 0 Å². The van der Waals surface area contributed by atoms with Crippen LogP contribution in [0.4, 0.5) is 0 Å². The van der Waals surface area contributed by atoms with Crippen LogP contribution in [0.15, 0.2) is 22.2 Å². The minimum atomic E-state index is 0.937.